The Labute approximate surface area is 163 Å². The third-order valence-corrected chi connectivity index (χ3v) is 4.84. The smallest absolute Gasteiger partial charge is 0.251 e. The number of benzene rings is 2. The molecule has 0 saturated heterocycles. The lowest BCUT2D eigenvalue weighted by Gasteiger charge is -2.07. The Bertz CT molecular complexity index is 1120. The van der Waals surface area contributed by atoms with E-state index in [-0.39, 0.29) is 11.7 Å². The van der Waals surface area contributed by atoms with Gasteiger partial charge in [0, 0.05) is 28.3 Å². The van der Waals surface area contributed by atoms with Crippen LogP contribution < -0.4 is 5.32 Å². The molecule has 0 fully saturated rings. The van der Waals surface area contributed by atoms with Gasteiger partial charge in [0.25, 0.3) is 5.91 Å². The average Bonchev–Trinajstić information content (AvgIpc) is 3.10. The first-order valence-corrected chi connectivity index (χ1v) is 9.03. The molecule has 0 aliphatic heterocycles. The molecule has 2 aromatic heterocycles. The van der Waals surface area contributed by atoms with E-state index in [4.69, 9.17) is 0 Å². The number of halogens is 2. The van der Waals surface area contributed by atoms with Crippen molar-refractivity contribution in [2.45, 2.75) is 6.54 Å². The molecule has 2 aromatic carbocycles. The first-order valence-electron chi connectivity index (χ1n) is 8.24. The second-order valence-electron chi connectivity index (χ2n) is 5.96. The topological polar surface area (TPSA) is 59.3 Å². The van der Waals surface area contributed by atoms with Crippen molar-refractivity contribution in [3.8, 4) is 11.4 Å². The number of aromatic nitrogens is 3. The summed E-state index contributed by atoms with van der Waals surface area (Å²) in [5.41, 5.74) is 2.80. The van der Waals surface area contributed by atoms with Crippen molar-refractivity contribution in [3.05, 3.63) is 88.3 Å². The Balaban J connectivity index is 1.56. The van der Waals surface area contributed by atoms with Gasteiger partial charge in [-0.1, -0.05) is 46.3 Å². The molecule has 0 aliphatic carbocycles. The van der Waals surface area contributed by atoms with Crippen LogP contribution in [0.15, 0.2) is 71.3 Å². The second kappa shape index (κ2) is 7.28. The third kappa shape index (κ3) is 3.59. The van der Waals surface area contributed by atoms with Gasteiger partial charge in [-0.05, 0) is 35.9 Å². The molecule has 0 radical (unpaired) electrons. The fraction of sp³-hybridized carbons (Fsp3) is 0.0500. The number of nitrogens with zero attached hydrogens (tertiary/aromatic N) is 3. The SMILES string of the molecule is O=C(NCc1ccc(F)cc1)c1ccn2c(-c3ccccc3Br)nnc2c1. The van der Waals surface area contributed by atoms with Gasteiger partial charge in [-0.3, -0.25) is 9.20 Å². The van der Waals surface area contributed by atoms with Gasteiger partial charge in [0.2, 0.25) is 0 Å². The van der Waals surface area contributed by atoms with Crippen LogP contribution in [0.25, 0.3) is 17.0 Å². The van der Waals surface area contributed by atoms with Crippen LogP contribution in [0.2, 0.25) is 0 Å². The van der Waals surface area contributed by atoms with Crippen molar-refractivity contribution in [1.29, 1.82) is 0 Å². The molecule has 1 N–H and O–H groups in total. The average molecular weight is 425 g/mol. The zero-order valence-electron chi connectivity index (χ0n) is 14.1. The van der Waals surface area contributed by atoms with Gasteiger partial charge in [0.1, 0.15) is 5.82 Å². The van der Waals surface area contributed by atoms with E-state index in [1.165, 1.54) is 12.1 Å². The molecule has 0 atom stereocenters. The van der Waals surface area contributed by atoms with Crippen LogP contribution >= 0.6 is 15.9 Å². The molecule has 4 rings (SSSR count). The zero-order valence-corrected chi connectivity index (χ0v) is 15.6. The van der Waals surface area contributed by atoms with E-state index in [2.05, 4.69) is 31.4 Å². The molecule has 0 bridgehead atoms. The van der Waals surface area contributed by atoms with Crippen LogP contribution in [0, 0.1) is 5.82 Å². The summed E-state index contributed by atoms with van der Waals surface area (Å²) in [5.74, 6) is 0.159. The number of carbonyl (C=O) groups is 1. The van der Waals surface area contributed by atoms with E-state index in [1.54, 1.807) is 30.5 Å². The Morgan fingerprint density at radius 2 is 1.85 bits per heavy atom. The standard InChI is InChI=1S/C20H14BrFN4O/c21-17-4-2-1-3-16(17)19-25-24-18-11-14(9-10-26(18)19)20(27)23-12-13-5-7-15(22)8-6-13/h1-11H,12H2,(H,23,27). The predicted octanol–water partition coefficient (Wildman–Crippen LogP) is 4.23. The lowest BCUT2D eigenvalue weighted by Crippen LogP contribution is -2.22. The Morgan fingerprint density at radius 1 is 1.07 bits per heavy atom. The number of amides is 1. The maximum absolute atomic E-state index is 12.9. The highest BCUT2D eigenvalue weighted by Crippen LogP contribution is 2.26. The first kappa shape index (κ1) is 17.4. The van der Waals surface area contributed by atoms with Crippen molar-refractivity contribution in [3.63, 3.8) is 0 Å². The van der Waals surface area contributed by atoms with Gasteiger partial charge in [0.05, 0.1) is 0 Å². The minimum absolute atomic E-state index is 0.229. The molecule has 0 aliphatic rings. The summed E-state index contributed by atoms with van der Waals surface area (Å²) >= 11 is 3.52. The molecule has 134 valence electrons. The number of rotatable bonds is 4. The quantitative estimate of drug-likeness (QED) is 0.533. The highest BCUT2D eigenvalue weighted by atomic mass is 79.9. The van der Waals surface area contributed by atoms with Crippen molar-refractivity contribution in [1.82, 2.24) is 19.9 Å². The van der Waals surface area contributed by atoms with E-state index < -0.39 is 0 Å². The summed E-state index contributed by atoms with van der Waals surface area (Å²) in [4.78, 5) is 12.4. The molecule has 4 aromatic rings. The van der Waals surface area contributed by atoms with Crippen molar-refractivity contribution >= 4 is 27.5 Å². The van der Waals surface area contributed by atoms with Crippen LogP contribution in [0.1, 0.15) is 15.9 Å². The summed E-state index contributed by atoms with van der Waals surface area (Å²) in [5, 5.41) is 11.2. The minimum atomic E-state index is -0.303. The number of fused-ring (bicyclic) bond motifs is 1. The van der Waals surface area contributed by atoms with Crippen LogP contribution in [-0.4, -0.2) is 20.5 Å². The summed E-state index contributed by atoms with van der Waals surface area (Å²) in [6, 6.07) is 17.2. The number of pyridine rings is 1. The fourth-order valence-electron chi connectivity index (χ4n) is 2.74. The molecule has 7 heteroatoms. The molecular weight excluding hydrogens is 411 g/mol. The van der Waals surface area contributed by atoms with Crippen LogP contribution in [0.3, 0.4) is 0 Å². The third-order valence-electron chi connectivity index (χ3n) is 4.15. The van der Waals surface area contributed by atoms with Gasteiger partial charge in [0.15, 0.2) is 11.5 Å². The second-order valence-corrected chi connectivity index (χ2v) is 6.81. The van der Waals surface area contributed by atoms with Gasteiger partial charge >= 0.3 is 0 Å². The maximum Gasteiger partial charge on any atom is 0.251 e. The maximum atomic E-state index is 12.9. The van der Waals surface area contributed by atoms with E-state index in [9.17, 15) is 9.18 Å². The molecule has 1 amide bonds. The molecule has 0 spiro atoms. The number of carbonyl (C=O) groups excluding carboxylic acids is 1. The molecular formula is C20H14BrFN4O. The highest BCUT2D eigenvalue weighted by molar-refractivity contribution is 9.10. The van der Waals surface area contributed by atoms with E-state index in [0.29, 0.717) is 23.6 Å². The van der Waals surface area contributed by atoms with E-state index >= 15 is 0 Å². The van der Waals surface area contributed by atoms with Crippen LogP contribution in [0.4, 0.5) is 4.39 Å². The molecule has 0 unspecified atom stereocenters. The van der Waals surface area contributed by atoms with Crippen LogP contribution in [0.5, 0.6) is 0 Å². The fourth-order valence-corrected chi connectivity index (χ4v) is 3.21. The Hall–Kier alpha value is -3.06. The summed E-state index contributed by atoms with van der Waals surface area (Å²) < 4.78 is 15.7. The van der Waals surface area contributed by atoms with Crippen molar-refractivity contribution in [2.24, 2.45) is 0 Å². The largest absolute Gasteiger partial charge is 0.348 e. The van der Waals surface area contributed by atoms with Crippen molar-refractivity contribution in [2.75, 3.05) is 0 Å². The normalized spacial score (nSPS) is 10.9. The van der Waals surface area contributed by atoms with E-state index in [1.807, 2.05) is 28.7 Å². The molecule has 5 nitrogen and oxygen atoms in total. The van der Waals surface area contributed by atoms with Gasteiger partial charge < -0.3 is 5.32 Å². The predicted molar refractivity (Wildman–Crippen MR) is 104 cm³/mol. The van der Waals surface area contributed by atoms with Gasteiger partial charge in [-0.2, -0.15) is 0 Å². The summed E-state index contributed by atoms with van der Waals surface area (Å²) in [7, 11) is 0. The molecule has 0 saturated carbocycles. The Morgan fingerprint density at radius 3 is 2.63 bits per heavy atom. The number of nitrogens with one attached hydrogen (secondary N) is 1. The zero-order chi connectivity index (χ0) is 18.8. The number of hydrogen-bond acceptors (Lipinski definition) is 3. The highest BCUT2D eigenvalue weighted by Gasteiger charge is 2.13. The van der Waals surface area contributed by atoms with Gasteiger partial charge in [-0.25, -0.2) is 4.39 Å². The molecule has 27 heavy (non-hydrogen) atoms. The summed E-state index contributed by atoms with van der Waals surface area (Å²) in [6.45, 7) is 0.319. The minimum Gasteiger partial charge on any atom is -0.348 e. The monoisotopic (exact) mass is 424 g/mol. The molecule has 2 heterocycles. The lowest BCUT2D eigenvalue weighted by molar-refractivity contribution is 0.0951. The Kier molecular flexibility index (Phi) is 4.68. The van der Waals surface area contributed by atoms with Crippen LogP contribution in [-0.2, 0) is 6.54 Å². The summed E-state index contributed by atoms with van der Waals surface area (Å²) in [6.07, 6.45) is 1.77. The first-order chi connectivity index (χ1) is 13.1. The van der Waals surface area contributed by atoms with Gasteiger partial charge in [-0.15, -0.1) is 10.2 Å². The van der Waals surface area contributed by atoms with Crippen molar-refractivity contribution < 1.29 is 9.18 Å². The van der Waals surface area contributed by atoms with E-state index in [0.717, 1.165) is 15.6 Å². The lowest BCUT2D eigenvalue weighted by atomic mass is 10.2. The number of hydrogen-bond donors (Lipinski definition) is 1.